The van der Waals surface area contributed by atoms with Gasteiger partial charge in [0.25, 0.3) is 0 Å². The average molecular weight is 239 g/mol. The van der Waals surface area contributed by atoms with Crippen molar-refractivity contribution in [2.75, 3.05) is 16.4 Å². The molecule has 14 heavy (non-hydrogen) atoms. The number of hydrogen-bond acceptors (Lipinski definition) is 4. The molecule has 0 saturated heterocycles. The van der Waals surface area contributed by atoms with Crippen LogP contribution in [-0.4, -0.2) is 35.2 Å². The minimum Gasteiger partial charge on any atom is -0.252 e. The van der Waals surface area contributed by atoms with E-state index in [-0.39, 0.29) is 17.6 Å². The van der Waals surface area contributed by atoms with E-state index in [1.165, 1.54) is 6.33 Å². The number of H-pyrrole nitrogens is 1. The maximum atomic E-state index is 11.4. The molecule has 1 atom stereocenters. The van der Waals surface area contributed by atoms with Crippen molar-refractivity contribution in [1.29, 1.82) is 0 Å². The molecule has 0 radical (unpaired) electrons. The van der Waals surface area contributed by atoms with Gasteiger partial charge in [0.1, 0.15) is 6.33 Å². The van der Waals surface area contributed by atoms with Gasteiger partial charge in [-0.1, -0.05) is 6.92 Å². The van der Waals surface area contributed by atoms with Gasteiger partial charge in [-0.3, -0.25) is 4.72 Å². The summed E-state index contributed by atoms with van der Waals surface area (Å²) < 4.78 is 25.1. The Morgan fingerprint density at radius 2 is 2.43 bits per heavy atom. The van der Waals surface area contributed by atoms with Crippen LogP contribution >= 0.6 is 11.6 Å². The van der Waals surface area contributed by atoms with E-state index < -0.39 is 10.0 Å². The number of alkyl halides is 1. The van der Waals surface area contributed by atoms with Crippen molar-refractivity contribution >= 4 is 27.6 Å². The Kier molecular flexibility index (Phi) is 3.70. The Labute approximate surface area is 87.1 Å². The van der Waals surface area contributed by atoms with Gasteiger partial charge in [0.15, 0.2) is 0 Å². The third-order valence-electron chi connectivity index (χ3n) is 1.43. The quantitative estimate of drug-likeness (QED) is 0.728. The van der Waals surface area contributed by atoms with Crippen LogP contribution in [0, 0.1) is 5.92 Å². The number of rotatable bonds is 5. The molecule has 1 aromatic heterocycles. The summed E-state index contributed by atoms with van der Waals surface area (Å²) >= 11 is 5.51. The van der Waals surface area contributed by atoms with Crippen LogP contribution in [0.5, 0.6) is 0 Å². The molecule has 0 spiro atoms. The topological polar surface area (TPSA) is 87.7 Å². The highest BCUT2D eigenvalue weighted by atomic mass is 35.5. The minimum atomic E-state index is -3.38. The van der Waals surface area contributed by atoms with E-state index in [1.807, 2.05) is 0 Å². The molecular weight excluding hydrogens is 228 g/mol. The highest BCUT2D eigenvalue weighted by molar-refractivity contribution is 7.92. The Morgan fingerprint density at radius 3 is 2.93 bits per heavy atom. The summed E-state index contributed by atoms with van der Waals surface area (Å²) in [5, 5.41) is 5.92. The molecule has 0 amide bonds. The van der Waals surface area contributed by atoms with E-state index >= 15 is 0 Å². The molecule has 1 aromatic rings. The van der Waals surface area contributed by atoms with E-state index in [0.717, 1.165) is 0 Å². The molecule has 0 fully saturated rings. The summed E-state index contributed by atoms with van der Waals surface area (Å²) in [7, 11) is -3.38. The van der Waals surface area contributed by atoms with Crippen LogP contribution in [0.1, 0.15) is 6.92 Å². The van der Waals surface area contributed by atoms with Gasteiger partial charge < -0.3 is 0 Å². The maximum Gasteiger partial charge on any atom is 0.235 e. The van der Waals surface area contributed by atoms with Gasteiger partial charge in [0.2, 0.25) is 16.0 Å². The second-order valence-electron chi connectivity index (χ2n) is 2.98. The number of aromatic nitrogens is 3. The molecule has 0 aliphatic heterocycles. The molecule has 0 aliphatic rings. The first-order valence-electron chi connectivity index (χ1n) is 3.95. The summed E-state index contributed by atoms with van der Waals surface area (Å²) in [5.74, 6) is 0.290. The smallest absolute Gasteiger partial charge is 0.235 e. The van der Waals surface area contributed by atoms with E-state index in [0.29, 0.717) is 5.88 Å². The lowest BCUT2D eigenvalue weighted by atomic mass is 10.3. The van der Waals surface area contributed by atoms with Crippen molar-refractivity contribution in [2.24, 2.45) is 5.92 Å². The summed E-state index contributed by atoms with van der Waals surface area (Å²) in [6.45, 7) is 1.76. The standard InChI is InChI=1S/C6H11ClN4O2S/c1-5(2-7)3-14(12,13)11-6-8-4-9-10-6/h4-5H,2-3H2,1H3,(H2,8,9,10,11). The van der Waals surface area contributed by atoms with Crippen molar-refractivity contribution in [3.63, 3.8) is 0 Å². The number of anilines is 1. The van der Waals surface area contributed by atoms with Crippen molar-refractivity contribution in [1.82, 2.24) is 15.2 Å². The van der Waals surface area contributed by atoms with E-state index in [4.69, 9.17) is 11.6 Å². The van der Waals surface area contributed by atoms with E-state index in [1.54, 1.807) is 6.92 Å². The highest BCUT2D eigenvalue weighted by Gasteiger charge is 2.15. The largest absolute Gasteiger partial charge is 0.252 e. The minimum absolute atomic E-state index is 0.0306. The lowest BCUT2D eigenvalue weighted by molar-refractivity contribution is 0.588. The second-order valence-corrected chi connectivity index (χ2v) is 5.05. The summed E-state index contributed by atoms with van der Waals surface area (Å²) in [5.41, 5.74) is 0. The van der Waals surface area contributed by atoms with Crippen molar-refractivity contribution in [3.05, 3.63) is 6.33 Å². The number of hydrogen-bond donors (Lipinski definition) is 2. The molecule has 1 heterocycles. The van der Waals surface area contributed by atoms with Crippen molar-refractivity contribution < 1.29 is 8.42 Å². The van der Waals surface area contributed by atoms with Gasteiger partial charge >= 0.3 is 0 Å². The molecule has 0 aliphatic carbocycles. The normalized spacial score (nSPS) is 13.9. The van der Waals surface area contributed by atoms with Crippen LogP contribution in [0.15, 0.2) is 6.33 Å². The summed E-state index contributed by atoms with van der Waals surface area (Å²) in [4.78, 5) is 3.64. The lowest BCUT2D eigenvalue weighted by Gasteiger charge is -2.08. The number of aromatic amines is 1. The van der Waals surface area contributed by atoms with Gasteiger partial charge in [-0.25, -0.2) is 13.5 Å². The van der Waals surface area contributed by atoms with Crippen LogP contribution in [0.4, 0.5) is 5.95 Å². The molecule has 1 rings (SSSR count). The zero-order chi connectivity index (χ0) is 10.6. The Bertz CT molecular complexity index is 363. The summed E-state index contributed by atoms with van der Waals surface area (Å²) in [6.07, 6.45) is 1.23. The van der Waals surface area contributed by atoms with Gasteiger partial charge in [-0.15, -0.1) is 11.6 Å². The summed E-state index contributed by atoms with van der Waals surface area (Å²) in [6, 6.07) is 0. The van der Waals surface area contributed by atoms with Crippen LogP contribution in [-0.2, 0) is 10.0 Å². The van der Waals surface area contributed by atoms with Crippen LogP contribution in [0.25, 0.3) is 0 Å². The molecule has 0 bridgehead atoms. The molecule has 0 saturated carbocycles. The third kappa shape index (κ3) is 3.51. The SMILES string of the molecule is CC(CCl)CS(=O)(=O)Nc1ncn[nH]1. The first kappa shape index (κ1) is 11.3. The fraction of sp³-hybridized carbons (Fsp3) is 0.667. The fourth-order valence-electron chi connectivity index (χ4n) is 0.863. The molecule has 80 valence electrons. The Morgan fingerprint density at radius 1 is 1.71 bits per heavy atom. The third-order valence-corrected chi connectivity index (χ3v) is 3.47. The fourth-order valence-corrected chi connectivity index (χ4v) is 2.44. The Hall–Kier alpha value is -0.820. The van der Waals surface area contributed by atoms with Crippen LogP contribution < -0.4 is 4.72 Å². The van der Waals surface area contributed by atoms with Gasteiger partial charge in [-0.05, 0) is 5.92 Å². The maximum absolute atomic E-state index is 11.4. The first-order valence-corrected chi connectivity index (χ1v) is 6.14. The molecule has 6 nitrogen and oxygen atoms in total. The zero-order valence-electron chi connectivity index (χ0n) is 7.57. The van der Waals surface area contributed by atoms with Gasteiger partial charge in [0.05, 0.1) is 5.75 Å². The number of nitrogens with zero attached hydrogens (tertiary/aromatic N) is 2. The predicted octanol–water partition coefficient (Wildman–Crippen LogP) is 0.421. The Balaban J connectivity index is 2.59. The molecule has 8 heteroatoms. The monoisotopic (exact) mass is 238 g/mol. The highest BCUT2D eigenvalue weighted by Crippen LogP contribution is 2.05. The molecule has 1 unspecified atom stereocenters. The van der Waals surface area contributed by atoms with Crippen LogP contribution in [0.2, 0.25) is 0 Å². The molecule has 2 N–H and O–H groups in total. The number of halogens is 1. The number of nitrogens with one attached hydrogen (secondary N) is 2. The zero-order valence-corrected chi connectivity index (χ0v) is 9.14. The van der Waals surface area contributed by atoms with Crippen molar-refractivity contribution in [3.8, 4) is 0 Å². The molecular formula is C6H11ClN4O2S. The number of sulfonamides is 1. The molecule has 0 aromatic carbocycles. The lowest BCUT2D eigenvalue weighted by Crippen LogP contribution is -2.22. The van der Waals surface area contributed by atoms with Gasteiger partial charge in [-0.2, -0.15) is 10.1 Å². The first-order chi connectivity index (χ1) is 6.53. The van der Waals surface area contributed by atoms with E-state index in [9.17, 15) is 8.42 Å². The average Bonchev–Trinajstić information content (AvgIpc) is 2.54. The second kappa shape index (κ2) is 4.61. The van der Waals surface area contributed by atoms with Crippen LogP contribution in [0.3, 0.4) is 0 Å². The predicted molar refractivity (Wildman–Crippen MR) is 53.7 cm³/mol. The van der Waals surface area contributed by atoms with Crippen molar-refractivity contribution in [2.45, 2.75) is 6.92 Å². The van der Waals surface area contributed by atoms with E-state index in [2.05, 4.69) is 19.9 Å². The van der Waals surface area contributed by atoms with Gasteiger partial charge in [0, 0.05) is 5.88 Å².